The number of carbonyl (C=O) groups excluding carboxylic acids is 1. The van der Waals surface area contributed by atoms with Crippen molar-refractivity contribution in [3.05, 3.63) is 35.6 Å². The third-order valence-electron chi connectivity index (χ3n) is 4.38. The van der Waals surface area contributed by atoms with Crippen LogP contribution in [0.5, 0.6) is 0 Å². The Balaban J connectivity index is 0.00000161. The second-order valence-electron chi connectivity index (χ2n) is 5.70. The molecule has 0 radical (unpaired) electrons. The SMILES string of the molecule is Cc1c(C(=O)NC2(CN)CCCC2)oc2ccccc12.Cl. The van der Waals surface area contributed by atoms with E-state index in [0.29, 0.717) is 12.3 Å². The van der Waals surface area contributed by atoms with Gasteiger partial charge >= 0.3 is 0 Å². The Labute approximate surface area is 130 Å². The van der Waals surface area contributed by atoms with Crippen molar-refractivity contribution in [1.29, 1.82) is 0 Å². The Morgan fingerprint density at radius 1 is 1.33 bits per heavy atom. The van der Waals surface area contributed by atoms with Gasteiger partial charge in [-0.05, 0) is 25.8 Å². The number of amides is 1. The van der Waals surface area contributed by atoms with Crippen molar-refractivity contribution in [3.63, 3.8) is 0 Å². The number of furan rings is 1. The molecule has 1 aromatic heterocycles. The average Bonchev–Trinajstić information content (AvgIpc) is 3.05. The molecule has 1 fully saturated rings. The van der Waals surface area contributed by atoms with Crippen LogP contribution in [0.2, 0.25) is 0 Å². The molecule has 0 aliphatic heterocycles. The molecular formula is C16H21ClN2O2. The molecule has 0 saturated heterocycles. The predicted molar refractivity (Wildman–Crippen MR) is 85.9 cm³/mol. The average molecular weight is 309 g/mol. The van der Waals surface area contributed by atoms with Gasteiger partial charge in [0.25, 0.3) is 5.91 Å². The molecule has 1 heterocycles. The minimum atomic E-state index is -0.248. The summed E-state index contributed by atoms with van der Waals surface area (Å²) in [7, 11) is 0. The maximum atomic E-state index is 12.5. The maximum absolute atomic E-state index is 12.5. The lowest BCUT2D eigenvalue weighted by Crippen LogP contribution is -2.51. The van der Waals surface area contributed by atoms with Crippen LogP contribution in [0.1, 0.15) is 41.8 Å². The highest BCUT2D eigenvalue weighted by Crippen LogP contribution is 2.30. The van der Waals surface area contributed by atoms with Gasteiger partial charge in [-0.1, -0.05) is 31.0 Å². The molecule has 0 bridgehead atoms. The second-order valence-corrected chi connectivity index (χ2v) is 5.70. The first kappa shape index (κ1) is 15.9. The van der Waals surface area contributed by atoms with Crippen LogP contribution in [-0.4, -0.2) is 18.0 Å². The molecule has 1 amide bonds. The highest BCUT2D eigenvalue weighted by Gasteiger charge is 2.35. The molecule has 1 saturated carbocycles. The van der Waals surface area contributed by atoms with Gasteiger partial charge in [0.15, 0.2) is 5.76 Å². The number of halogens is 1. The number of aryl methyl sites for hydroxylation is 1. The van der Waals surface area contributed by atoms with Crippen molar-refractivity contribution in [1.82, 2.24) is 5.32 Å². The van der Waals surface area contributed by atoms with E-state index in [9.17, 15) is 4.79 Å². The first-order valence-corrected chi connectivity index (χ1v) is 7.16. The minimum absolute atomic E-state index is 0. The lowest BCUT2D eigenvalue weighted by atomic mass is 9.97. The number of benzene rings is 1. The van der Waals surface area contributed by atoms with Gasteiger partial charge < -0.3 is 15.5 Å². The zero-order valence-corrected chi connectivity index (χ0v) is 13.0. The van der Waals surface area contributed by atoms with Crippen molar-refractivity contribution in [2.75, 3.05) is 6.54 Å². The molecule has 0 atom stereocenters. The third kappa shape index (κ3) is 2.78. The molecule has 114 valence electrons. The fourth-order valence-electron chi connectivity index (χ4n) is 3.12. The Morgan fingerprint density at radius 2 is 2.00 bits per heavy atom. The first-order valence-electron chi connectivity index (χ1n) is 7.16. The van der Waals surface area contributed by atoms with Crippen LogP contribution in [0, 0.1) is 6.92 Å². The zero-order valence-electron chi connectivity index (χ0n) is 12.1. The van der Waals surface area contributed by atoms with E-state index in [1.54, 1.807) is 0 Å². The van der Waals surface area contributed by atoms with E-state index in [1.807, 2.05) is 31.2 Å². The summed E-state index contributed by atoms with van der Waals surface area (Å²) in [6, 6.07) is 7.71. The van der Waals surface area contributed by atoms with E-state index in [0.717, 1.165) is 42.2 Å². The Bertz CT molecular complexity index is 645. The van der Waals surface area contributed by atoms with Crippen LogP contribution in [0.4, 0.5) is 0 Å². The van der Waals surface area contributed by atoms with Crippen molar-refractivity contribution in [2.45, 2.75) is 38.1 Å². The lowest BCUT2D eigenvalue weighted by molar-refractivity contribution is 0.0876. The summed E-state index contributed by atoms with van der Waals surface area (Å²) in [5, 5.41) is 4.09. The fraction of sp³-hybridized carbons (Fsp3) is 0.438. The quantitative estimate of drug-likeness (QED) is 0.915. The van der Waals surface area contributed by atoms with Gasteiger partial charge in [0, 0.05) is 17.5 Å². The summed E-state index contributed by atoms with van der Waals surface area (Å²) in [5.41, 5.74) is 7.26. The van der Waals surface area contributed by atoms with E-state index in [2.05, 4.69) is 5.32 Å². The largest absolute Gasteiger partial charge is 0.451 e. The number of hydrogen-bond donors (Lipinski definition) is 2. The number of hydrogen-bond acceptors (Lipinski definition) is 3. The van der Waals surface area contributed by atoms with Gasteiger partial charge in [0.1, 0.15) is 5.58 Å². The number of fused-ring (bicyclic) bond motifs is 1. The summed E-state index contributed by atoms with van der Waals surface area (Å²) >= 11 is 0. The van der Waals surface area contributed by atoms with Crippen molar-refractivity contribution in [3.8, 4) is 0 Å². The van der Waals surface area contributed by atoms with Crippen LogP contribution in [0.25, 0.3) is 11.0 Å². The molecule has 1 aromatic carbocycles. The van der Waals surface area contributed by atoms with Crippen molar-refractivity contribution < 1.29 is 9.21 Å². The minimum Gasteiger partial charge on any atom is -0.451 e. The zero-order chi connectivity index (χ0) is 14.2. The van der Waals surface area contributed by atoms with E-state index in [-0.39, 0.29) is 23.9 Å². The third-order valence-corrected chi connectivity index (χ3v) is 4.38. The molecule has 2 aromatic rings. The second kappa shape index (κ2) is 6.08. The number of rotatable bonds is 3. The summed E-state index contributed by atoms with van der Waals surface area (Å²) in [6.07, 6.45) is 4.15. The molecule has 0 spiro atoms. The van der Waals surface area contributed by atoms with E-state index in [1.165, 1.54) is 0 Å². The molecule has 1 aliphatic rings. The van der Waals surface area contributed by atoms with Crippen LogP contribution in [-0.2, 0) is 0 Å². The number of carbonyl (C=O) groups is 1. The Morgan fingerprint density at radius 3 is 2.62 bits per heavy atom. The van der Waals surface area contributed by atoms with Gasteiger partial charge in [-0.25, -0.2) is 0 Å². The highest BCUT2D eigenvalue weighted by atomic mass is 35.5. The summed E-state index contributed by atoms with van der Waals surface area (Å²) in [6.45, 7) is 2.41. The van der Waals surface area contributed by atoms with Crippen molar-refractivity contribution in [2.24, 2.45) is 5.73 Å². The Hall–Kier alpha value is -1.52. The van der Waals surface area contributed by atoms with E-state index in [4.69, 9.17) is 10.2 Å². The van der Waals surface area contributed by atoms with Gasteiger partial charge in [-0.3, -0.25) is 4.79 Å². The molecule has 0 unspecified atom stereocenters. The summed E-state index contributed by atoms with van der Waals surface area (Å²) in [5.74, 6) is 0.261. The van der Waals surface area contributed by atoms with Gasteiger partial charge in [0.05, 0.1) is 5.54 Å². The molecule has 3 N–H and O–H groups in total. The van der Waals surface area contributed by atoms with E-state index < -0.39 is 0 Å². The van der Waals surface area contributed by atoms with Gasteiger partial charge in [-0.15, -0.1) is 12.4 Å². The fourth-order valence-corrected chi connectivity index (χ4v) is 3.12. The van der Waals surface area contributed by atoms with Crippen LogP contribution in [0.3, 0.4) is 0 Å². The molecule has 1 aliphatic carbocycles. The first-order chi connectivity index (χ1) is 9.65. The molecular weight excluding hydrogens is 288 g/mol. The van der Waals surface area contributed by atoms with Crippen LogP contribution < -0.4 is 11.1 Å². The molecule has 4 nitrogen and oxygen atoms in total. The van der Waals surface area contributed by atoms with E-state index >= 15 is 0 Å². The Kier molecular flexibility index (Phi) is 4.59. The van der Waals surface area contributed by atoms with Gasteiger partial charge in [0.2, 0.25) is 0 Å². The smallest absolute Gasteiger partial charge is 0.287 e. The predicted octanol–water partition coefficient (Wildman–Crippen LogP) is 3.16. The molecule has 21 heavy (non-hydrogen) atoms. The summed E-state index contributed by atoms with van der Waals surface area (Å²) in [4.78, 5) is 12.5. The number of nitrogens with two attached hydrogens (primary N) is 1. The standard InChI is InChI=1S/C16H20N2O2.ClH/c1-11-12-6-2-3-7-13(12)20-14(11)15(19)18-16(10-17)8-4-5-9-16;/h2-3,6-7H,4-5,8-10,17H2,1H3,(H,18,19);1H. The topological polar surface area (TPSA) is 68.3 Å². The maximum Gasteiger partial charge on any atom is 0.287 e. The highest BCUT2D eigenvalue weighted by molar-refractivity contribution is 5.99. The number of para-hydroxylation sites is 1. The van der Waals surface area contributed by atoms with Gasteiger partial charge in [-0.2, -0.15) is 0 Å². The summed E-state index contributed by atoms with van der Waals surface area (Å²) < 4.78 is 5.71. The monoisotopic (exact) mass is 308 g/mol. The lowest BCUT2D eigenvalue weighted by Gasteiger charge is -2.28. The van der Waals surface area contributed by atoms with Crippen LogP contribution >= 0.6 is 12.4 Å². The van der Waals surface area contributed by atoms with Crippen LogP contribution in [0.15, 0.2) is 28.7 Å². The van der Waals surface area contributed by atoms with Crippen molar-refractivity contribution >= 4 is 29.3 Å². The number of nitrogens with one attached hydrogen (secondary N) is 1. The normalized spacial score (nSPS) is 16.7. The molecule has 5 heteroatoms. The molecule has 3 rings (SSSR count).